The van der Waals surface area contributed by atoms with Crippen molar-refractivity contribution in [1.29, 1.82) is 0 Å². The summed E-state index contributed by atoms with van der Waals surface area (Å²) in [5, 5.41) is 0.749. The van der Waals surface area contributed by atoms with E-state index in [4.69, 9.17) is 17.3 Å². The van der Waals surface area contributed by atoms with Gasteiger partial charge in [0.05, 0.1) is 18.2 Å². The highest BCUT2D eigenvalue weighted by Gasteiger charge is 2.33. The summed E-state index contributed by atoms with van der Waals surface area (Å²) in [4.78, 5) is 4.24. The Bertz CT molecular complexity index is 540. The van der Waals surface area contributed by atoms with Crippen LogP contribution in [-0.2, 0) is 6.54 Å². The maximum absolute atomic E-state index is 6.30. The van der Waals surface area contributed by atoms with Gasteiger partial charge in [-0.15, -0.1) is 0 Å². The minimum absolute atomic E-state index is 0.0398. The molecular weight excluding hydrogens is 246 g/mol. The first kappa shape index (κ1) is 11.8. The van der Waals surface area contributed by atoms with E-state index < -0.39 is 0 Å². The lowest BCUT2D eigenvalue weighted by molar-refractivity contribution is 0.216. The van der Waals surface area contributed by atoms with Gasteiger partial charge in [-0.05, 0) is 37.0 Å². The van der Waals surface area contributed by atoms with E-state index in [0.717, 1.165) is 35.7 Å². The second kappa shape index (κ2) is 4.41. The minimum Gasteiger partial charge on any atom is -0.329 e. The molecule has 0 unspecified atom stereocenters. The molecule has 1 saturated carbocycles. The summed E-state index contributed by atoms with van der Waals surface area (Å²) < 4.78 is 2.14. The van der Waals surface area contributed by atoms with Crippen molar-refractivity contribution in [3.63, 3.8) is 0 Å². The first-order valence-corrected chi connectivity index (χ1v) is 6.59. The molecule has 1 aromatic carbocycles. The fourth-order valence-electron chi connectivity index (χ4n) is 2.44. The van der Waals surface area contributed by atoms with Gasteiger partial charge in [0.15, 0.2) is 0 Å². The topological polar surface area (TPSA) is 43.8 Å². The number of imidazole rings is 1. The fraction of sp³-hybridized carbons (Fsp3) is 0.357. The lowest BCUT2D eigenvalue weighted by Gasteiger charge is -2.38. The average Bonchev–Trinajstić information content (AvgIpc) is 2.76. The predicted octanol–water partition coefficient (Wildman–Crippen LogP) is 3.08. The lowest BCUT2D eigenvalue weighted by atomic mass is 9.77. The van der Waals surface area contributed by atoms with Crippen molar-refractivity contribution in [2.75, 3.05) is 0 Å². The van der Waals surface area contributed by atoms with Crippen molar-refractivity contribution < 1.29 is 0 Å². The second-order valence-electron chi connectivity index (χ2n) is 5.13. The fourth-order valence-corrected chi connectivity index (χ4v) is 2.56. The van der Waals surface area contributed by atoms with Crippen molar-refractivity contribution in [1.82, 2.24) is 9.55 Å². The Morgan fingerprint density at radius 1 is 1.28 bits per heavy atom. The molecule has 0 atom stereocenters. The van der Waals surface area contributed by atoms with Gasteiger partial charge >= 0.3 is 0 Å². The van der Waals surface area contributed by atoms with E-state index in [2.05, 4.69) is 9.55 Å². The minimum atomic E-state index is -0.0398. The van der Waals surface area contributed by atoms with Crippen LogP contribution in [0.4, 0.5) is 0 Å². The molecule has 94 valence electrons. The van der Waals surface area contributed by atoms with Crippen LogP contribution >= 0.6 is 11.6 Å². The summed E-state index contributed by atoms with van der Waals surface area (Å²) in [6.07, 6.45) is 7.18. The Morgan fingerprint density at radius 3 is 2.61 bits per heavy atom. The molecule has 3 rings (SSSR count). The van der Waals surface area contributed by atoms with E-state index in [1.165, 1.54) is 6.42 Å². The summed E-state index contributed by atoms with van der Waals surface area (Å²) in [6, 6.07) is 7.82. The van der Waals surface area contributed by atoms with Crippen LogP contribution in [0.2, 0.25) is 5.02 Å². The van der Waals surface area contributed by atoms with Crippen LogP contribution < -0.4 is 5.73 Å². The molecule has 2 aromatic rings. The quantitative estimate of drug-likeness (QED) is 0.923. The molecule has 0 saturated heterocycles. The SMILES string of the molecule is NC1(Cn2cncc2-c2ccc(Cl)cc2)CCC1. The Hall–Kier alpha value is -1.32. The van der Waals surface area contributed by atoms with Gasteiger partial charge in [0.1, 0.15) is 0 Å². The van der Waals surface area contributed by atoms with Crippen LogP contribution in [0.15, 0.2) is 36.8 Å². The number of nitrogens with zero attached hydrogens (tertiary/aromatic N) is 2. The molecular formula is C14H16ClN3. The highest BCUT2D eigenvalue weighted by Crippen LogP contribution is 2.32. The first-order valence-electron chi connectivity index (χ1n) is 6.21. The van der Waals surface area contributed by atoms with Crippen LogP contribution in [0, 0.1) is 0 Å². The maximum Gasteiger partial charge on any atom is 0.0951 e. The molecule has 1 aliphatic carbocycles. The third-order valence-electron chi connectivity index (χ3n) is 3.69. The van der Waals surface area contributed by atoms with Gasteiger partial charge in [-0.25, -0.2) is 4.98 Å². The molecule has 1 aliphatic rings. The number of hydrogen-bond donors (Lipinski definition) is 1. The number of benzene rings is 1. The van der Waals surface area contributed by atoms with Crippen LogP contribution in [0.1, 0.15) is 19.3 Å². The monoisotopic (exact) mass is 261 g/mol. The van der Waals surface area contributed by atoms with E-state index in [-0.39, 0.29) is 5.54 Å². The molecule has 0 spiro atoms. The number of rotatable bonds is 3. The van der Waals surface area contributed by atoms with Gasteiger partial charge in [-0.2, -0.15) is 0 Å². The second-order valence-corrected chi connectivity index (χ2v) is 5.57. The first-order chi connectivity index (χ1) is 8.66. The van der Waals surface area contributed by atoms with E-state index >= 15 is 0 Å². The summed E-state index contributed by atoms with van der Waals surface area (Å²) in [6.45, 7) is 0.838. The van der Waals surface area contributed by atoms with Crippen LogP contribution in [-0.4, -0.2) is 15.1 Å². The summed E-state index contributed by atoms with van der Waals surface area (Å²) >= 11 is 5.91. The Kier molecular flexibility index (Phi) is 2.88. The Labute approximate surface area is 112 Å². The molecule has 1 heterocycles. The molecule has 0 radical (unpaired) electrons. The van der Waals surface area contributed by atoms with Crippen LogP contribution in [0.25, 0.3) is 11.3 Å². The maximum atomic E-state index is 6.30. The van der Waals surface area contributed by atoms with Gasteiger partial charge in [0.2, 0.25) is 0 Å². The van der Waals surface area contributed by atoms with E-state index in [0.29, 0.717) is 0 Å². The van der Waals surface area contributed by atoms with Crippen LogP contribution in [0.3, 0.4) is 0 Å². The molecule has 1 fully saturated rings. The predicted molar refractivity (Wildman–Crippen MR) is 73.4 cm³/mol. The third kappa shape index (κ3) is 2.16. The average molecular weight is 262 g/mol. The van der Waals surface area contributed by atoms with Gasteiger partial charge < -0.3 is 10.3 Å². The smallest absolute Gasteiger partial charge is 0.0951 e. The third-order valence-corrected chi connectivity index (χ3v) is 3.94. The van der Waals surface area contributed by atoms with Crippen molar-refractivity contribution >= 4 is 11.6 Å². The van der Waals surface area contributed by atoms with Crippen molar-refractivity contribution in [3.05, 3.63) is 41.8 Å². The molecule has 1 aromatic heterocycles. The highest BCUT2D eigenvalue weighted by atomic mass is 35.5. The molecule has 18 heavy (non-hydrogen) atoms. The van der Waals surface area contributed by atoms with Gasteiger partial charge in [0.25, 0.3) is 0 Å². The lowest BCUT2D eigenvalue weighted by Crippen LogP contribution is -2.49. The standard InChI is InChI=1S/C14H16ClN3/c15-12-4-2-11(3-5-12)13-8-17-10-18(13)9-14(16)6-1-7-14/h2-5,8,10H,1,6-7,9,16H2. The summed E-state index contributed by atoms with van der Waals surface area (Å²) in [5.41, 5.74) is 8.48. The van der Waals surface area contributed by atoms with Crippen molar-refractivity contribution in [2.24, 2.45) is 5.73 Å². The van der Waals surface area contributed by atoms with E-state index in [1.807, 2.05) is 36.8 Å². The zero-order valence-electron chi connectivity index (χ0n) is 10.1. The van der Waals surface area contributed by atoms with E-state index in [1.54, 1.807) is 0 Å². The number of halogens is 1. The van der Waals surface area contributed by atoms with Crippen molar-refractivity contribution in [3.8, 4) is 11.3 Å². The van der Waals surface area contributed by atoms with Gasteiger partial charge in [-0.3, -0.25) is 0 Å². The molecule has 0 amide bonds. The highest BCUT2D eigenvalue weighted by molar-refractivity contribution is 6.30. The Morgan fingerprint density at radius 2 is 2.00 bits per heavy atom. The zero-order valence-corrected chi connectivity index (χ0v) is 10.9. The zero-order chi connectivity index (χ0) is 12.6. The molecule has 4 heteroatoms. The number of hydrogen-bond acceptors (Lipinski definition) is 2. The normalized spacial score (nSPS) is 17.4. The van der Waals surface area contributed by atoms with Gasteiger partial charge in [-0.1, -0.05) is 23.7 Å². The number of aromatic nitrogens is 2. The van der Waals surface area contributed by atoms with E-state index in [9.17, 15) is 0 Å². The molecule has 0 bridgehead atoms. The Balaban J connectivity index is 1.89. The van der Waals surface area contributed by atoms with Crippen molar-refractivity contribution in [2.45, 2.75) is 31.3 Å². The molecule has 3 nitrogen and oxygen atoms in total. The summed E-state index contributed by atoms with van der Waals surface area (Å²) in [5.74, 6) is 0. The number of nitrogens with two attached hydrogens (primary N) is 1. The largest absolute Gasteiger partial charge is 0.329 e. The summed E-state index contributed by atoms with van der Waals surface area (Å²) in [7, 11) is 0. The van der Waals surface area contributed by atoms with Gasteiger partial charge in [0, 0.05) is 17.1 Å². The molecule has 0 aliphatic heterocycles. The van der Waals surface area contributed by atoms with Crippen LogP contribution in [0.5, 0.6) is 0 Å². The molecule has 2 N–H and O–H groups in total.